The molecule has 1 atom stereocenters. The second-order valence-electron chi connectivity index (χ2n) is 2.38. The minimum atomic E-state index is -0.914. The van der Waals surface area contributed by atoms with Gasteiger partial charge >= 0.3 is 0 Å². The first-order chi connectivity index (χ1) is 5.11. The van der Waals surface area contributed by atoms with Crippen LogP contribution in [0.25, 0.3) is 0 Å². The molecule has 0 radical (unpaired) electrons. The highest BCUT2D eigenvalue weighted by Crippen LogP contribution is 2.12. The summed E-state index contributed by atoms with van der Waals surface area (Å²) < 4.78 is 0. The van der Waals surface area contributed by atoms with Gasteiger partial charge in [0, 0.05) is 17.3 Å². The largest absolute Gasteiger partial charge is 0.595 e. The minimum absolute atomic E-state index is 0.305. The van der Waals surface area contributed by atoms with E-state index >= 15 is 0 Å². The number of benzene rings is 1. The second-order valence-corrected chi connectivity index (χ2v) is 2.38. The Morgan fingerprint density at radius 2 is 2.18 bits per heavy atom. The van der Waals surface area contributed by atoms with Crippen molar-refractivity contribution in [3.8, 4) is 0 Å². The molecule has 0 heterocycles. The van der Waals surface area contributed by atoms with E-state index in [1.165, 1.54) is 6.07 Å². The maximum atomic E-state index is 10.5. The Morgan fingerprint density at radius 3 is 2.64 bits per heavy atom. The highest BCUT2D eigenvalue weighted by molar-refractivity contribution is 5.50. The zero-order chi connectivity index (χ0) is 8.43. The van der Waals surface area contributed by atoms with Gasteiger partial charge in [-0.1, -0.05) is 0 Å². The number of hydrogen-bond acceptors (Lipinski definition) is 3. The second kappa shape index (κ2) is 2.87. The fraction of sp³-hybridized carbons (Fsp3) is 0.143. The van der Waals surface area contributed by atoms with E-state index < -0.39 is 5.23 Å². The van der Waals surface area contributed by atoms with Gasteiger partial charge in [0.1, 0.15) is 0 Å². The summed E-state index contributed by atoms with van der Waals surface area (Å²) in [5, 5.41) is 18.2. The molecule has 0 aliphatic carbocycles. The highest BCUT2D eigenvalue weighted by atomic mass is 16.8. The lowest BCUT2D eigenvalue weighted by atomic mass is 10.2. The van der Waals surface area contributed by atoms with Gasteiger partial charge in [-0.3, -0.25) is 0 Å². The van der Waals surface area contributed by atoms with Crippen LogP contribution in [-0.2, 0) is 0 Å². The monoisotopic (exact) mass is 154 g/mol. The molecule has 60 valence electrons. The Balaban J connectivity index is 3.09. The predicted octanol–water partition coefficient (Wildman–Crippen LogP) is -0.0194. The van der Waals surface area contributed by atoms with Crippen molar-refractivity contribution in [1.29, 1.82) is 0 Å². The van der Waals surface area contributed by atoms with Crippen LogP contribution in [0.1, 0.15) is 5.56 Å². The van der Waals surface area contributed by atoms with Crippen LogP contribution in [0, 0.1) is 12.1 Å². The summed E-state index contributed by atoms with van der Waals surface area (Å²) in [4.78, 5) is 0. The summed E-state index contributed by atoms with van der Waals surface area (Å²) in [6.07, 6.45) is 0. The molecule has 0 bridgehead atoms. The molecular weight excluding hydrogens is 144 g/mol. The van der Waals surface area contributed by atoms with Gasteiger partial charge in [-0.05, 0) is 19.1 Å². The number of anilines is 1. The molecule has 1 aromatic rings. The molecule has 4 N–H and O–H groups in total. The van der Waals surface area contributed by atoms with Crippen LogP contribution in [-0.4, -0.2) is 5.21 Å². The molecule has 1 rings (SSSR count). The van der Waals surface area contributed by atoms with Gasteiger partial charge in [0.2, 0.25) is 0 Å². The molecule has 0 aliphatic rings. The van der Waals surface area contributed by atoms with Gasteiger partial charge < -0.3 is 10.9 Å². The molecule has 0 aromatic heterocycles. The molecular formula is C7H10N2O2. The van der Waals surface area contributed by atoms with Crippen molar-refractivity contribution in [1.82, 2.24) is 0 Å². The number of quaternary nitrogens is 1. The van der Waals surface area contributed by atoms with Crippen LogP contribution in [0.15, 0.2) is 18.2 Å². The number of aryl methyl sites for hydroxylation is 1. The molecule has 0 aliphatic heterocycles. The van der Waals surface area contributed by atoms with Crippen LogP contribution in [0.3, 0.4) is 0 Å². The maximum Gasteiger partial charge on any atom is 0.166 e. The summed E-state index contributed by atoms with van der Waals surface area (Å²) >= 11 is 0. The van der Waals surface area contributed by atoms with E-state index in [9.17, 15) is 5.21 Å². The molecule has 0 amide bonds. The van der Waals surface area contributed by atoms with Crippen molar-refractivity contribution in [3.05, 3.63) is 29.0 Å². The summed E-state index contributed by atoms with van der Waals surface area (Å²) in [6, 6.07) is 4.73. The van der Waals surface area contributed by atoms with E-state index in [-0.39, 0.29) is 0 Å². The van der Waals surface area contributed by atoms with Crippen molar-refractivity contribution in [2.24, 2.45) is 0 Å². The zero-order valence-corrected chi connectivity index (χ0v) is 6.16. The zero-order valence-electron chi connectivity index (χ0n) is 6.16. The minimum Gasteiger partial charge on any atom is -0.595 e. The third-order valence-electron chi connectivity index (χ3n) is 1.48. The third kappa shape index (κ3) is 1.68. The fourth-order valence-corrected chi connectivity index (χ4v) is 0.927. The topological polar surface area (TPSA) is 73.8 Å². The van der Waals surface area contributed by atoms with Crippen molar-refractivity contribution >= 4 is 11.4 Å². The lowest BCUT2D eigenvalue weighted by Crippen LogP contribution is -2.99. The number of hydrogen-bond donors (Lipinski definition) is 3. The van der Waals surface area contributed by atoms with Crippen molar-refractivity contribution < 1.29 is 10.4 Å². The van der Waals surface area contributed by atoms with E-state index in [4.69, 9.17) is 10.9 Å². The Bertz CT molecular complexity index is 261. The van der Waals surface area contributed by atoms with Crippen molar-refractivity contribution in [2.45, 2.75) is 6.92 Å². The van der Waals surface area contributed by atoms with Crippen molar-refractivity contribution in [2.75, 3.05) is 5.73 Å². The van der Waals surface area contributed by atoms with E-state index in [0.717, 1.165) is 0 Å². The van der Waals surface area contributed by atoms with Crippen LogP contribution >= 0.6 is 0 Å². The number of nitrogens with one attached hydrogen (secondary N) is 1. The van der Waals surface area contributed by atoms with Gasteiger partial charge in [-0.2, -0.15) is 5.23 Å². The van der Waals surface area contributed by atoms with Crippen LogP contribution in [0.2, 0.25) is 0 Å². The Labute approximate surface area is 64.4 Å². The van der Waals surface area contributed by atoms with E-state index in [0.29, 0.717) is 16.9 Å². The smallest absolute Gasteiger partial charge is 0.166 e. The van der Waals surface area contributed by atoms with Gasteiger partial charge in [0.25, 0.3) is 0 Å². The number of rotatable bonds is 1. The quantitative estimate of drug-likeness (QED) is 0.393. The maximum absolute atomic E-state index is 10.5. The van der Waals surface area contributed by atoms with Gasteiger partial charge in [-0.15, -0.1) is 0 Å². The Morgan fingerprint density at radius 1 is 1.55 bits per heavy atom. The normalized spacial score (nSPS) is 13.0. The molecule has 1 aromatic carbocycles. The average molecular weight is 154 g/mol. The standard InChI is InChI=1S/C7H10N2O2/c1-5-4-6(8)2-3-7(5)9(10)11/h2-4,9-10H,8H2,1H3. The van der Waals surface area contributed by atoms with Crippen LogP contribution in [0.4, 0.5) is 11.4 Å². The summed E-state index contributed by atoms with van der Waals surface area (Å²) in [7, 11) is 0. The Kier molecular flexibility index (Phi) is 2.09. The fourth-order valence-electron chi connectivity index (χ4n) is 0.927. The average Bonchev–Trinajstić information content (AvgIpc) is 1.85. The molecule has 0 fully saturated rings. The van der Waals surface area contributed by atoms with E-state index in [1.807, 2.05) is 0 Å². The first kappa shape index (κ1) is 8.00. The van der Waals surface area contributed by atoms with Gasteiger partial charge in [0.05, 0.1) is 0 Å². The molecule has 0 saturated carbocycles. The predicted molar refractivity (Wildman–Crippen MR) is 41.4 cm³/mol. The highest BCUT2D eigenvalue weighted by Gasteiger charge is 2.03. The SMILES string of the molecule is Cc1cc(N)ccc1[NH+]([O-])O. The summed E-state index contributed by atoms with van der Waals surface area (Å²) in [6.45, 7) is 1.72. The molecule has 0 saturated heterocycles. The first-order valence-electron chi connectivity index (χ1n) is 3.20. The van der Waals surface area contributed by atoms with Crippen LogP contribution < -0.4 is 11.0 Å². The summed E-state index contributed by atoms with van der Waals surface area (Å²) in [5.41, 5.74) is 7.02. The molecule has 0 spiro atoms. The number of nitrogen functional groups attached to an aromatic ring is 1. The molecule has 11 heavy (non-hydrogen) atoms. The molecule has 4 nitrogen and oxygen atoms in total. The first-order valence-corrected chi connectivity index (χ1v) is 3.20. The molecule has 4 heteroatoms. The van der Waals surface area contributed by atoms with E-state index in [2.05, 4.69) is 0 Å². The van der Waals surface area contributed by atoms with Crippen LogP contribution in [0.5, 0.6) is 0 Å². The van der Waals surface area contributed by atoms with Crippen molar-refractivity contribution in [3.63, 3.8) is 0 Å². The third-order valence-corrected chi connectivity index (χ3v) is 1.48. The van der Waals surface area contributed by atoms with Gasteiger partial charge in [-0.25, -0.2) is 5.21 Å². The Hall–Kier alpha value is -1.10. The summed E-state index contributed by atoms with van der Waals surface area (Å²) in [5.74, 6) is 0. The molecule has 1 unspecified atom stereocenters. The lowest BCUT2D eigenvalue weighted by Gasteiger charge is -2.13. The number of nitrogens with two attached hydrogens (primary N) is 1. The van der Waals surface area contributed by atoms with Gasteiger partial charge in [0.15, 0.2) is 5.69 Å². The van der Waals surface area contributed by atoms with E-state index in [1.54, 1.807) is 19.1 Å². The lowest BCUT2D eigenvalue weighted by molar-refractivity contribution is -0.991.